The number of anilines is 1. The molecule has 0 aliphatic carbocycles. The van der Waals surface area contributed by atoms with Gasteiger partial charge in [-0.15, -0.1) is 0 Å². The molecule has 0 aromatic heterocycles. The number of carbonyl (C=O) groups is 4. The first-order valence-electron chi connectivity index (χ1n) is 9.21. The lowest BCUT2D eigenvalue weighted by atomic mass is 10.1. The number of hydrogen-bond donors (Lipinski definition) is 4. The van der Waals surface area contributed by atoms with E-state index in [0.29, 0.717) is 11.4 Å². The molecule has 0 atom stereocenters. The Hall–Kier alpha value is -3.33. The number of hydrogen-bond acceptors (Lipinski definition) is 5. The van der Waals surface area contributed by atoms with Crippen molar-refractivity contribution in [3.05, 3.63) is 53.1 Å². The van der Waals surface area contributed by atoms with E-state index in [2.05, 4.69) is 10.6 Å². The molecule has 2 rings (SSSR count). The predicted octanol–water partition coefficient (Wildman–Crippen LogP) is 3.72. The van der Waals surface area contributed by atoms with Crippen molar-refractivity contribution >= 4 is 41.2 Å². The number of carbonyl (C=O) groups excluding carboxylic acids is 2. The number of amides is 2. The van der Waals surface area contributed by atoms with Gasteiger partial charge < -0.3 is 20.8 Å². The predicted molar refractivity (Wildman–Crippen MR) is 112 cm³/mol. The van der Waals surface area contributed by atoms with Crippen molar-refractivity contribution in [1.82, 2.24) is 5.32 Å². The third-order valence-electron chi connectivity index (χ3n) is 4.03. The van der Waals surface area contributed by atoms with Gasteiger partial charge in [0.15, 0.2) is 0 Å². The summed E-state index contributed by atoms with van der Waals surface area (Å²) in [6, 6.07) is 8.86. The van der Waals surface area contributed by atoms with Gasteiger partial charge >= 0.3 is 11.9 Å². The molecule has 8 nitrogen and oxygen atoms in total. The number of unbranched alkanes of at least 4 members (excludes halogenated alkanes) is 1. The van der Waals surface area contributed by atoms with Gasteiger partial charge in [-0.2, -0.15) is 0 Å². The molecular weight excluding hydrogens is 408 g/mol. The molecular formula is C21H22N2O6S. The lowest BCUT2D eigenvalue weighted by Gasteiger charge is -2.15. The summed E-state index contributed by atoms with van der Waals surface area (Å²) < 4.78 is 0. The molecule has 0 unspecified atom stereocenters. The zero-order valence-corrected chi connectivity index (χ0v) is 17.3. The van der Waals surface area contributed by atoms with Gasteiger partial charge in [-0.3, -0.25) is 9.59 Å². The number of benzene rings is 2. The molecule has 0 fully saturated rings. The molecule has 0 aliphatic rings. The third kappa shape index (κ3) is 5.84. The van der Waals surface area contributed by atoms with E-state index >= 15 is 0 Å². The Bertz CT molecular complexity index is 989. The van der Waals surface area contributed by atoms with E-state index in [1.807, 2.05) is 6.92 Å². The molecule has 0 spiro atoms. The molecule has 2 amide bonds. The number of nitrogens with one attached hydrogen (secondary N) is 2. The summed E-state index contributed by atoms with van der Waals surface area (Å²) in [7, 11) is 0. The zero-order chi connectivity index (χ0) is 22.3. The highest BCUT2D eigenvalue weighted by Crippen LogP contribution is 2.36. The van der Waals surface area contributed by atoms with E-state index in [-0.39, 0.29) is 27.3 Å². The maximum Gasteiger partial charge on any atom is 0.337 e. The summed E-state index contributed by atoms with van der Waals surface area (Å²) in [6.07, 6.45) is 1.58. The van der Waals surface area contributed by atoms with Crippen LogP contribution in [0.3, 0.4) is 0 Å². The normalized spacial score (nSPS) is 10.3. The number of carboxylic acids is 2. The highest BCUT2D eigenvalue weighted by Gasteiger charge is 2.24. The van der Waals surface area contributed by atoms with Crippen LogP contribution in [0.2, 0.25) is 0 Å². The number of aromatic carboxylic acids is 2. The zero-order valence-electron chi connectivity index (χ0n) is 16.5. The summed E-state index contributed by atoms with van der Waals surface area (Å²) in [5, 5.41) is 24.4. The molecule has 158 valence electrons. The van der Waals surface area contributed by atoms with Crippen LogP contribution in [-0.4, -0.2) is 40.5 Å². The highest BCUT2D eigenvalue weighted by molar-refractivity contribution is 7.99. The van der Waals surface area contributed by atoms with Crippen LogP contribution in [0.4, 0.5) is 5.69 Å². The first-order chi connectivity index (χ1) is 14.2. The molecule has 2 aromatic carbocycles. The molecule has 0 aliphatic heterocycles. The minimum atomic E-state index is -1.33. The summed E-state index contributed by atoms with van der Waals surface area (Å²) >= 11 is 0.906. The van der Waals surface area contributed by atoms with E-state index in [1.165, 1.54) is 25.1 Å². The van der Waals surface area contributed by atoms with Crippen molar-refractivity contribution in [2.45, 2.75) is 36.5 Å². The highest BCUT2D eigenvalue weighted by atomic mass is 32.2. The maximum absolute atomic E-state index is 12.7. The Kier molecular flexibility index (Phi) is 7.99. The minimum absolute atomic E-state index is 0.00211. The van der Waals surface area contributed by atoms with Crippen molar-refractivity contribution in [2.24, 2.45) is 0 Å². The van der Waals surface area contributed by atoms with Crippen molar-refractivity contribution in [3.63, 3.8) is 0 Å². The topological polar surface area (TPSA) is 133 Å². The second-order valence-electron chi connectivity index (χ2n) is 6.40. The van der Waals surface area contributed by atoms with Crippen LogP contribution in [0.15, 0.2) is 46.2 Å². The van der Waals surface area contributed by atoms with Gasteiger partial charge in [0, 0.05) is 28.9 Å². The monoisotopic (exact) mass is 430 g/mol. The molecule has 9 heteroatoms. The Morgan fingerprint density at radius 1 is 0.967 bits per heavy atom. The van der Waals surface area contributed by atoms with Crippen molar-refractivity contribution in [2.75, 3.05) is 11.9 Å². The molecule has 2 aromatic rings. The average Bonchev–Trinajstić information content (AvgIpc) is 2.67. The molecule has 4 N–H and O–H groups in total. The van der Waals surface area contributed by atoms with Crippen LogP contribution in [-0.2, 0) is 4.79 Å². The fraction of sp³-hybridized carbons (Fsp3) is 0.238. The largest absolute Gasteiger partial charge is 0.478 e. The molecule has 0 radical (unpaired) electrons. The van der Waals surface area contributed by atoms with Crippen molar-refractivity contribution in [3.8, 4) is 0 Å². The Labute approximate surface area is 177 Å². The SMILES string of the molecule is CCCCNC(=O)c1cc(NC(C)=O)cc(Sc2ccccc2C(=O)O)c1C(=O)O. The fourth-order valence-corrected chi connectivity index (χ4v) is 3.83. The van der Waals surface area contributed by atoms with Crippen molar-refractivity contribution in [1.29, 1.82) is 0 Å². The Balaban J connectivity index is 2.60. The van der Waals surface area contributed by atoms with Gasteiger partial charge in [0.1, 0.15) is 0 Å². The second-order valence-corrected chi connectivity index (χ2v) is 7.48. The number of rotatable bonds is 9. The van der Waals surface area contributed by atoms with Crippen LogP contribution >= 0.6 is 11.8 Å². The maximum atomic E-state index is 12.7. The van der Waals surface area contributed by atoms with E-state index in [1.54, 1.807) is 18.2 Å². The van der Waals surface area contributed by atoms with Crippen LogP contribution < -0.4 is 10.6 Å². The lowest BCUT2D eigenvalue weighted by Crippen LogP contribution is -2.27. The van der Waals surface area contributed by atoms with E-state index in [4.69, 9.17) is 0 Å². The third-order valence-corrected chi connectivity index (χ3v) is 5.15. The molecule has 30 heavy (non-hydrogen) atoms. The first kappa shape index (κ1) is 23.0. The lowest BCUT2D eigenvalue weighted by molar-refractivity contribution is -0.114. The van der Waals surface area contributed by atoms with E-state index < -0.39 is 23.8 Å². The molecule has 0 bridgehead atoms. The molecule has 0 saturated heterocycles. The summed E-state index contributed by atoms with van der Waals surface area (Å²) in [5.74, 6) is -3.47. The fourth-order valence-electron chi connectivity index (χ4n) is 2.70. The van der Waals surface area contributed by atoms with Crippen molar-refractivity contribution < 1.29 is 29.4 Å². The average molecular weight is 430 g/mol. The van der Waals surface area contributed by atoms with Gasteiger partial charge in [-0.25, -0.2) is 9.59 Å². The van der Waals surface area contributed by atoms with Crippen LogP contribution in [0.25, 0.3) is 0 Å². The van der Waals surface area contributed by atoms with Crippen LogP contribution in [0, 0.1) is 0 Å². The van der Waals surface area contributed by atoms with Gasteiger partial charge in [0.05, 0.1) is 16.7 Å². The van der Waals surface area contributed by atoms with Crippen LogP contribution in [0.5, 0.6) is 0 Å². The summed E-state index contributed by atoms with van der Waals surface area (Å²) in [6.45, 7) is 3.63. The second kappa shape index (κ2) is 10.4. The van der Waals surface area contributed by atoms with E-state index in [9.17, 15) is 29.4 Å². The molecule has 0 heterocycles. The van der Waals surface area contributed by atoms with Gasteiger partial charge in [0.25, 0.3) is 5.91 Å². The van der Waals surface area contributed by atoms with Gasteiger partial charge in [0.2, 0.25) is 5.91 Å². The quantitative estimate of drug-likeness (QED) is 0.446. The standard InChI is InChI=1S/C21H22N2O6S/c1-3-4-9-22-19(25)15-10-13(23-12(2)24)11-17(18(15)21(28)29)30-16-8-6-5-7-14(16)20(26)27/h5-8,10-11H,3-4,9H2,1-2H3,(H,22,25)(H,23,24)(H,26,27)(H,28,29). The smallest absolute Gasteiger partial charge is 0.337 e. The summed E-state index contributed by atoms with van der Waals surface area (Å²) in [4.78, 5) is 48.2. The molecule has 0 saturated carbocycles. The van der Waals surface area contributed by atoms with Gasteiger partial charge in [-0.1, -0.05) is 37.2 Å². The Morgan fingerprint density at radius 3 is 2.27 bits per heavy atom. The van der Waals surface area contributed by atoms with Crippen LogP contribution in [0.1, 0.15) is 57.8 Å². The number of carboxylic acid groups (broad SMARTS) is 2. The summed E-state index contributed by atoms with van der Waals surface area (Å²) in [5.41, 5.74) is -0.135. The van der Waals surface area contributed by atoms with E-state index in [0.717, 1.165) is 24.6 Å². The first-order valence-corrected chi connectivity index (χ1v) is 10.0. The van der Waals surface area contributed by atoms with Gasteiger partial charge in [-0.05, 0) is 30.7 Å². The minimum Gasteiger partial charge on any atom is -0.478 e. The Morgan fingerprint density at radius 2 is 1.67 bits per heavy atom.